The van der Waals surface area contributed by atoms with Gasteiger partial charge in [0.15, 0.2) is 0 Å². The van der Waals surface area contributed by atoms with Crippen molar-refractivity contribution < 1.29 is 19.1 Å². The van der Waals surface area contributed by atoms with Gasteiger partial charge < -0.3 is 10.1 Å². The van der Waals surface area contributed by atoms with Crippen LogP contribution in [0, 0.1) is 6.92 Å². The minimum absolute atomic E-state index is 0.281. The molecule has 30 heavy (non-hydrogen) atoms. The molecule has 2 aliphatic heterocycles. The highest BCUT2D eigenvalue weighted by Gasteiger charge is 2.36. The molecule has 0 radical (unpaired) electrons. The molecule has 1 saturated heterocycles. The van der Waals surface area contributed by atoms with E-state index < -0.39 is 11.8 Å². The first-order valence-corrected chi connectivity index (χ1v) is 10.1. The molecule has 7 heteroatoms. The Bertz CT molecular complexity index is 965. The van der Waals surface area contributed by atoms with Crippen LogP contribution in [0.4, 0.5) is 0 Å². The molecule has 1 fully saturated rings. The predicted octanol–water partition coefficient (Wildman–Crippen LogP) is 1.74. The minimum atomic E-state index is -0.418. The van der Waals surface area contributed by atoms with E-state index in [9.17, 15) is 14.4 Å². The quantitative estimate of drug-likeness (QED) is 0.738. The van der Waals surface area contributed by atoms with Crippen LogP contribution in [0.3, 0.4) is 0 Å². The van der Waals surface area contributed by atoms with Crippen LogP contribution in [0.5, 0.6) is 0 Å². The summed E-state index contributed by atoms with van der Waals surface area (Å²) >= 11 is 0. The van der Waals surface area contributed by atoms with E-state index in [4.69, 9.17) is 4.74 Å². The van der Waals surface area contributed by atoms with E-state index in [1.54, 1.807) is 12.1 Å². The molecule has 2 aromatic rings. The summed E-state index contributed by atoms with van der Waals surface area (Å²) in [7, 11) is 0. The maximum atomic E-state index is 12.8. The standard InChI is InChI=1S/C23H25N3O4/c1-16-2-4-17(5-3-16)13-24-21(27)15-26-22(28)19-7-6-18(12-20(19)23(26)29)14-25-8-10-30-11-9-25/h2-7,12H,8-11,13-15H2,1H3,(H,24,27). The van der Waals surface area contributed by atoms with Crippen LogP contribution in [0.15, 0.2) is 42.5 Å². The molecule has 2 heterocycles. The third kappa shape index (κ3) is 4.42. The smallest absolute Gasteiger partial charge is 0.262 e. The van der Waals surface area contributed by atoms with Crippen molar-refractivity contribution in [2.45, 2.75) is 20.0 Å². The van der Waals surface area contributed by atoms with Crippen molar-refractivity contribution in [1.82, 2.24) is 15.1 Å². The van der Waals surface area contributed by atoms with Crippen molar-refractivity contribution in [2.75, 3.05) is 32.8 Å². The van der Waals surface area contributed by atoms with E-state index in [1.165, 1.54) is 0 Å². The fraction of sp³-hybridized carbons (Fsp3) is 0.348. The first-order chi connectivity index (χ1) is 14.5. The number of ether oxygens (including phenoxy) is 1. The zero-order chi connectivity index (χ0) is 21.1. The highest BCUT2D eigenvalue weighted by molar-refractivity contribution is 6.22. The van der Waals surface area contributed by atoms with E-state index in [0.717, 1.165) is 34.7 Å². The predicted molar refractivity (Wildman–Crippen MR) is 111 cm³/mol. The van der Waals surface area contributed by atoms with Crippen molar-refractivity contribution >= 4 is 17.7 Å². The Labute approximate surface area is 175 Å². The monoisotopic (exact) mass is 407 g/mol. The number of carbonyl (C=O) groups is 3. The summed E-state index contributed by atoms with van der Waals surface area (Å²) in [6.45, 7) is 5.87. The summed E-state index contributed by atoms with van der Waals surface area (Å²) in [5.41, 5.74) is 3.81. The summed E-state index contributed by atoms with van der Waals surface area (Å²) in [6, 6.07) is 13.2. The number of fused-ring (bicyclic) bond motifs is 1. The van der Waals surface area contributed by atoms with Gasteiger partial charge in [0.25, 0.3) is 11.8 Å². The van der Waals surface area contributed by atoms with Crippen LogP contribution in [-0.4, -0.2) is 60.4 Å². The van der Waals surface area contributed by atoms with Crippen LogP contribution in [0.2, 0.25) is 0 Å². The highest BCUT2D eigenvalue weighted by Crippen LogP contribution is 2.24. The SMILES string of the molecule is Cc1ccc(CNC(=O)CN2C(=O)c3ccc(CN4CCOCC4)cc3C2=O)cc1. The number of morpholine rings is 1. The molecule has 0 aromatic heterocycles. The molecule has 7 nitrogen and oxygen atoms in total. The Kier molecular flexibility index (Phi) is 5.92. The van der Waals surface area contributed by atoms with Gasteiger partial charge in [-0.15, -0.1) is 0 Å². The summed E-state index contributed by atoms with van der Waals surface area (Å²) in [6.07, 6.45) is 0. The third-order valence-corrected chi connectivity index (χ3v) is 5.46. The Morgan fingerprint density at radius 3 is 2.37 bits per heavy atom. The number of rotatable bonds is 6. The Hall–Kier alpha value is -3.03. The average molecular weight is 407 g/mol. The molecule has 2 aromatic carbocycles. The second-order valence-corrected chi connectivity index (χ2v) is 7.73. The minimum Gasteiger partial charge on any atom is -0.379 e. The maximum absolute atomic E-state index is 12.8. The molecule has 0 unspecified atom stereocenters. The van der Waals surface area contributed by atoms with E-state index in [2.05, 4.69) is 10.2 Å². The zero-order valence-corrected chi connectivity index (χ0v) is 17.0. The molecule has 2 aliphatic rings. The van der Waals surface area contributed by atoms with Crippen molar-refractivity contribution in [2.24, 2.45) is 0 Å². The van der Waals surface area contributed by atoms with Gasteiger partial charge >= 0.3 is 0 Å². The molecule has 3 amide bonds. The Morgan fingerprint density at radius 2 is 1.63 bits per heavy atom. The summed E-state index contributed by atoms with van der Waals surface area (Å²) < 4.78 is 5.36. The number of hydrogen-bond donors (Lipinski definition) is 1. The largest absolute Gasteiger partial charge is 0.379 e. The number of hydrogen-bond acceptors (Lipinski definition) is 5. The van der Waals surface area contributed by atoms with Gasteiger partial charge in [0, 0.05) is 26.2 Å². The van der Waals surface area contributed by atoms with E-state index in [1.807, 2.05) is 37.3 Å². The number of aryl methyl sites for hydroxylation is 1. The number of nitrogens with one attached hydrogen (secondary N) is 1. The van der Waals surface area contributed by atoms with Gasteiger partial charge in [-0.05, 0) is 30.2 Å². The molecule has 4 rings (SSSR count). The van der Waals surface area contributed by atoms with Crippen molar-refractivity contribution in [3.8, 4) is 0 Å². The van der Waals surface area contributed by atoms with Crippen LogP contribution in [-0.2, 0) is 22.6 Å². The fourth-order valence-corrected chi connectivity index (χ4v) is 3.70. The zero-order valence-electron chi connectivity index (χ0n) is 17.0. The van der Waals surface area contributed by atoms with Crippen LogP contribution in [0.1, 0.15) is 37.4 Å². The molecule has 0 saturated carbocycles. The summed E-state index contributed by atoms with van der Waals surface area (Å²) in [4.78, 5) is 41.1. The van der Waals surface area contributed by atoms with Gasteiger partial charge in [-0.2, -0.15) is 0 Å². The van der Waals surface area contributed by atoms with Gasteiger partial charge in [-0.1, -0.05) is 35.9 Å². The second kappa shape index (κ2) is 8.77. The molecule has 1 N–H and O–H groups in total. The number of benzene rings is 2. The average Bonchev–Trinajstić information content (AvgIpc) is 2.98. The van der Waals surface area contributed by atoms with Gasteiger partial charge in [0.2, 0.25) is 5.91 Å². The number of imide groups is 1. The molecular weight excluding hydrogens is 382 g/mol. The molecule has 156 valence electrons. The van der Waals surface area contributed by atoms with Crippen LogP contribution < -0.4 is 5.32 Å². The molecule has 0 spiro atoms. The highest BCUT2D eigenvalue weighted by atomic mass is 16.5. The second-order valence-electron chi connectivity index (χ2n) is 7.73. The first-order valence-electron chi connectivity index (χ1n) is 10.1. The topological polar surface area (TPSA) is 79.0 Å². The van der Waals surface area contributed by atoms with Gasteiger partial charge in [0.1, 0.15) is 6.54 Å². The van der Waals surface area contributed by atoms with Gasteiger partial charge in [0.05, 0.1) is 24.3 Å². The van der Waals surface area contributed by atoms with E-state index in [-0.39, 0.29) is 12.5 Å². The molecular formula is C23H25N3O4. The van der Waals surface area contributed by atoms with Crippen LogP contribution >= 0.6 is 0 Å². The van der Waals surface area contributed by atoms with Gasteiger partial charge in [-0.3, -0.25) is 24.2 Å². The lowest BCUT2D eigenvalue weighted by Crippen LogP contribution is -2.40. The number of nitrogens with zero attached hydrogens (tertiary/aromatic N) is 2. The van der Waals surface area contributed by atoms with Crippen molar-refractivity contribution in [3.63, 3.8) is 0 Å². The summed E-state index contributed by atoms with van der Waals surface area (Å²) in [5.74, 6) is -1.19. The van der Waals surface area contributed by atoms with E-state index >= 15 is 0 Å². The first kappa shape index (κ1) is 20.3. The lowest BCUT2D eigenvalue weighted by atomic mass is 10.1. The lowest BCUT2D eigenvalue weighted by Gasteiger charge is -2.26. The molecule has 0 atom stereocenters. The molecule has 0 bridgehead atoms. The van der Waals surface area contributed by atoms with Crippen LogP contribution in [0.25, 0.3) is 0 Å². The van der Waals surface area contributed by atoms with Crippen molar-refractivity contribution in [3.05, 3.63) is 70.3 Å². The lowest BCUT2D eigenvalue weighted by molar-refractivity contribution is -0.121. The Morgan fingerprint density at radius 1 is 0.967 bits per heavy atom. The fourth-order valence-electron chi connectivity index (χ4n) is 3.70. The normalized spacial score (nSPS) is 16.6. The van der Waals surface area contributed by atoms with Gasteiger partial charge in [-0.25, -0.2) is 0 Å². The maximum Gasteiger partial charge on any atom is 0.262 e. The number of amides is 3. The van der Waals surface area contributed by atoms with Crippen molar-refractivity contribution in [1.29, 1.82) is 0 Å². The Balaban J connectivity index is 1.38. The molecule has 0 aliphatic carbocycles. The van der Waals surface area contributed by atoms with E-state index in [0.29, 0.717) is 37.4 Å². The number of carbonyl (C=O) groups excluding carboxylic acids is 3. The third-order valence-electron chi connectivity index (χ3n) is 5.46. The summed E-state index contributed by atoms with van der Waals surface area (Å²) in [5, 5.41) is 2.78.